The molecular weight excluding hydrogens is 319 g/mol. The lowest BCUT2D eigenvalue weighted by Gasteiger charge is -2.26. The molecule has 2 amide bonds. The second-order valence-electron chi connectivity index (χ2n) is 6.77. The molecule has 0 radical (unpaired) electrons. The van der Waals surface area contributed by atoms with E-state index in [1.165, 1.54) is 17.7 Å². The molecule has 0 spiro atoms. The van der Waals surface area contributed by atoms with Crippen LogP contribution in [-0.2, 0) is 16.0 Å². The number of rotatable bonds is 2. The molecule has 4 rings (SSSR count). The second kappa shape index (κ2) is 5.99. The highest BCUT2D eigenvalue weighted by atomic mass is 19.1. The van der Waals surface area contributed by atoms with Gasteiger partial charge in [0.1, 0.15) is 5.82 Å². The van der Waals surface area contributed by atoms with Crippen LogP contribution in [0.5, 0.6) is 0 Å². The number of anilines is 2. The average molecular weight is 338 g/mol. The monoisotopic (exact) mass is 338 g/mol. The molecule has 1 saturated heterocycles. The van der Waals surface area contributed by atoms with Crippen molar-refractivity contribution in [1.29, 1.82) is 0 Å². The van der Waals surface area contributed by atoms with Gasteiger partial charge < -0.3 is 9.80 Å². The SMILES string of the molecule is CC1Cc2ccccc2N1C(=O)C1CC(=O)N(c2ccc(F)cc2)C1. The summed E-state index contributed by atoms with van der Waals surface area (Å²) in [5.74, 6) is -0.808. The molecule has 0 aromatic heterocycles. The van der Waals surface area contributed by atoms with Gasteiger partial charge in [-0.1, -0.05) is 18.2 Å². The van der Waals surface area contributed by atoms with Crippen molar-refractivity contribution in [2.75, 3.05) is 16.3 Å². The maximum Gasteiger partial charge on any atom is 0.232 e. The van der Waals surface area contributed by atoms with Gasteiger partial charge in [-0.25, -0.2) is 4.39 Å². The van der Waals surface area contributed by atoms with Gasteiger partial charge in [0.25, 0.3) is 0 Å². The van der Waals surface area contributed by atoms with Gasteiger partial charge in [0.15, 0.2) is 0 Å². The Morgan fingerprint density at radius 1 is 1.08 bits per heavy atom. The third kappa shape index (κ3) is 2.69. The van der Waals surface area contributed by atoms with Crippen molar-refractivity contribution in [2.24, 2.45) is 5.92 Å². The van der Waals surface area contributed by atoms with Crippen molar-refractivity contribution in [1.82, 2.24) is 0 Å². The van der Waals surface area contributed by atoms with Crippen LogP contribution in [0.3, 0.4) is 0 Å². The van der Waals surface area contributed by atoms with Crippen LogP contribution in [0.1, 0.15) is 18.9 Å². The molecule has 2 aromatic carbocycles. The van der Waals surface area contributed by atoms with Crippen LogP contribution in [0, 0.1) is 11.7 Å². The topological polar surface area (TPSA) is 40.6 Å². The Bertz CT molecular complexity index is 834. The van der Waals surface area contributed by atoms with E-state index in [9.17, 15) is 14.0 Å². The van der Waals surface area contributed by atoms with Gasteiger partial charge in [0.05, 0.1) is 5.92 Å². The van der Waals surface area contributed by atoms with Crippen molar-refractivity contribution in [3.05, 3.63) is 59.9 Å². The minimum Gasteiger partial charge on any atom is -0.312 e. The molecule has 0 aliphatic carbocycles. The summed E-state index contributed by atoms with van der Waals surface area (Å²) >= 11 is 0. The molecule has 0 bridgehead atoms. The Labute approximate surface area is 145 Å². The molecule has 2 aliphatic heterocycles. The van der Waals surface area contributed by atoms with E-state index >= 15 is 0 Å². The lowest BCUT2D eigenvalue weighted by atomic mass is 10.1. The zero-order chi connectivity index (χ0) is 17.6. The summed E-state index contributed by atoms with van der Waals surface area (Å²) in [6, 6.07) is 13.8. The quantitative estimate of drug-likeness (QED) is 0.844. The lowest BCUT2D eigenvalue weighted by molar-refractivity contribution is -0.124. The minimum absolute atomic E-state index is 0.00425. The van der Waals surface area contributed by atoms with E-state index < -0.39 is 0 Å². The Morgan fingerprint density at radius 3 is 2.56 bits per heavy atom. The first kappa shape index (κ1) is 15.8. The van der Waals surface area contributed by atoms with E-state index in [0.717, 1.165) is 12.1 Å². The molecular formula is C20H19FN2O2. The third-order valence-corrected chi connectivity index (χ3v) is 5.06. The highest BCUT2D eigenvalue weighted by molar-refractivity contribution is 6.05. The minimum atomic E-state index is -0.369. The molecule has 1 fully saturated rings. The molecule has 4 nitrogen and oxygen atoms in total. The highest BCUT2D eigenvalue weighted by Gasteiger charge is 2.40. The molecule has 2 unspecified atom stereocenters. The first-order chi connectivity index (χ1) is 12.0. The van der Waals surface area contributed by atoms with Crippen molar-refractivity contribution in [3.63, 3.8) is 0 Å². The Hall–Kier alpha value is -2.69. The fraction of sp³-hybridized carbons (Fsp3) is 0.300. The first-order valence-corrected chi connectivity index (χ1v) is 8.51. The molecule has 5 heteroatoms. The van der Waals surface area contributed by atoms with Gasteiger partial charge in [-0.05, 0) is 49.2 Å². The summed E-state index contributed by atoms with van der Waals surface area (Å²) in [4.78, 5) is 28.9. The van der Waals surface area contributed by atoms with E-state index in [1.54, 1.807) is 17.0 Å². The van der Waals surface area contributed by atoms with E-state index in [1.807, 2.05) is 36.1 Å². The number of hydrogen-bond acceptors (Lipinski definition) is 2. The van der Waals surface area contributed by atoms with Crippen LogP contribution >= 0.6 is 0 Å². The smallest absolute Gasteiger partial charge is 0.232 e. The molecule has 2 atom stereocenters. The van der Waals surface area contributed by atoms with Crippen molar-refractivity contribution in [3.8, 4) is 0 Å². The van der Waals surface area contributed by atoms with Gasteiger partial charge in [-0.3, -0.25) is 9.59 Å². The number of para-hydroxylation sites is 1. The van der Waals surface area contributed by atoms with Crippen LogP contribution in [0.2, 0.25) is 0 Å². The highest BCUT2D eigenvalue weighted by Crippen LogP contribution is 2.35. The van der Waals surface area contributed by atoms with Gasteiger partial charge >= 0.3 is 0 Å². The Kier molecular flexibility index (Phi) is 3.79. The summed E-state index contributed by atoms with van der Waals surface area (Å²) in [6.07, 6.45) is 1.03. The van der Waals surface area contributed by atoms with E-state index in [0.29, 0.717) is 12.2 Å². The van der Waals surface area contributed by atoms with Crippen molar-refractivity contribution in [2.45, 2.75) is 25.8 Å². The zero-order valence-corrected chi connectivity index (χ0v) is 14.0. The molecule has 0 N–H and O–H groups in total. The van der Waals surface area contributed by atoms with E-state index in [2.05, 4.69) is 0 Å². The molecule has 25 heavy (non-hydrogen) atoms. The van der Waals surface area contributed by atoms with E-state index in [-0.39, 0.29) is 36.0 Å². The Balaban J connectivity index is 1.56. The number of nitrogens with zero attached hydrogens (tertiary/aromatic N) is 2. The van der Waals surface area contributed by atoms with Crippen molar-refractivity contribution >= 4 is 23.2 Å². The second-order valence-corrected chi connectivity index (χ2v) is 6.77. The average Bonchev–Trinajstić information content (AvgIpc) is 3.14. The number of halogens is 1. The van der Waals surface area contributed by atoms with Crippen LogP contribution in [0.4, 0.5) is 15.8 Å². The molecule has 2 aromatic rings. The number of carbonyl (C=O) groups is 2. The summed E-state index contributed by atoms with van der Waals surface area (Å²) in [5.41, 5.74) is 2.76. The summed E-state index contributed by atoms with van der Waals surface area (Å²) < 4.78 is 13.1. The number of amides is 2. The first-order valence-electron chi connectivity index (χ1n) is 8.51. The Morgan fingerprint density at radius 2 is 1.80 bits per heavy atom. The van der Waals surface area contributed by atoms with E-state index in [4.69, 9.17) is 0 Å². The normalized spacial score (nSPS) is 22.4. The van der Waals surface area contributed by atoms with Gasteiger partial charge in [0, 0.05) is 30.4 Å². The maximum atomic E-state index is 13.1. The fourth-order valence-electron chi connectivity index (χ4n) is 3.84. The van der Waals surface area contributed by atoms with Crippen LogP contribution in [0.25, 0.3) is 0 Å². The predicted octanol–water partition coefficient (Wildman–Crippen LogP) is 3.16. The summed E-state index contributed by atoms with van der Waals surface area (Å²) in [7, 11) is 0. The predicted molar refractivity (Wildman–Crippen MR) is 94.0 cm³/mol. The standard InChI is InChI=1S/C20H19FN2O2/c1-13-10-14-4-2-3-5-18(14)23(13)20(25)15-11-19(24)22(12-15)17-8-6-16(21)7-9-17/h2-9,13,15H,10-12H2,1H3. The largest absolute Gasteiger partial charge is 0.312 e. The molecule has 128 valence electrons. The van der Waals surface area contributed by atoms with Crippen LogP contribution < -0.4 is 9.80 Å². The molecule has 2 aliphatic rings. The molecule has 2 heterocycles. The third-order valence-electron chi connectivity index (χ3n) is 5.06. The number of carbonyl (C=O) groups excluding carboxylic acids is 2. The number of benzene rings is 2. The van der Waals surface area contributed by atoms with Gasteiger partial charge in [-0.15, -0.1) is 0 Å². The van der Waals surface area contributed by atoms with Gasteiger partial charge in [0.2, 0.25) is 11.8 Å². The number of fused-ring (bicyclic) bond motifs is 1. The fourth-order valence-corrected chi connectivity index (χ4v) is 3.84. The zero-order valence-electron chi connectivity index (χ0n) is 14.0. The summed E-state index contributed by atoms with van der Waals surface area (Å²) in [6.45, 7) is 2.38. The molecule has 0 saturated carbocycles. The van der Waals surface area contributed by atoms with Crippen LogP contribution in [-0.4, -0.2) is 24.4 Å². The van der Waals surface area contributed by atoms with Gasteiger partial charge in [-0.2, -0.15) is 0 Å². The summed E-state index contributed by atoms with van der Waals surface area (Å²) in [5, 5.41) is 0. The maximum absolute atomic E-state index is 13.1. The number of hydrogen-bond donors (Lipinski definition) is 0. The van der Waals surface area contributed by atoms with Crippen LogP contribution in [0.15, 0.2) is 48.5 Å². The van der Waals surface area contributed by atoms with Crippen molar-refractivity contribution < 1.29 is 14.0 Å². The lowest BCUT2D eigenvalue weighted by Crippen LogP contribution is -2.41.